The van der Waals surface area contributed by atoms with Gasteiger partial charge in [-0.1, -0.05) is 40.9 Å². The van der Waals surface area contributed by atoms with Gasteiger partial charge in [-0.3, -0.25) is 9.59 Å². The largest absolute Gasteiger partial charge is 0.324 e. The lowest BCUT2D eigenvalue weighted by Crippen LogP contribution is -2.28. The Morgan fingerprint density at radius 3 is 2.60 bits per heavy atom. The Morgan fingerprint density at radius 2 is 1.92 bits per heavy atom. The fourth-order valence-electron chi connectivity index (χ4n) is 3.05. The smallest absolute Gasteiger partial charge is 0.229 e. The number of halogens is 2. The molecule has 1 N–H and O–H groups in total. The second-order valence-electron chi connectivity index (χ2n) is 6.31. The van der Waals surface area contributed by atoms with Crippen molar-refractivity contribution in [3.63, 3.8) is 0 Å². The second-order valence-corrected chi connectivity index (χ2v) is 7.15. The maximum Gasteiger partial charge on any atom is 0.229 e. The summed E-state index contributed by atoms with van der Waals surface area (Å²) in [7, 11) is 0. The topological polar surface area (TPSA) is 49.4 Å². The van der Waals surface area contributed by atoms with Crippen LogP contribution in [0.1, 0.15) is 17.5 Å². The van der Waals surface area contributed by atoms with E-state index in [-0.39, 0.29) is 18.2 Å². The van der Waals surface area contributed by atoms with Crippen molar-refractivity contribution in [1.29, 1.82) is 0 Å². The Morgan fingerprint density at radius 1 is 1.16 bits per heavy atom. The second kappa shape index (κ2) is 7.06. The number of rotatable bonds is 3. The quantitative estimate of drug-likeness (QED) is 0.850. The summed E-state index contributed by atoms with van der Waals surface area (Å²) in [4.78, 5) is 26.6. The molecule has 0 saturated carbocycles. The number of nitrogens with zero attached hydrogens (tertiary/aromatic N) is 1. The minimum absolute atomic E-state index is 0.0469. The summed E-state index contributed by atoms with van der Waals surface area (Å²) in [6.07, 6.45) is 0.185. The molecule has 25 heavy (non-hydrogen) atoms. The van der Waals surface area contributed by atoms with Crippen molar-refractivity contribution in [3.05, 3.63) is 57.6 Å². The maximum absolute atomic E-state index is 12.5. The van der Waals surface area contributed by atoms with Gasteiger partial charge in [-0.15, -0.1) is 0 Å². The van der Waals surface area contributed by atoms with Crippen LogP contribution in [0.4, 0.5) is 11.4 Å². The first kappa shape index (κ1) is 17.8. The fraction of sp³-hybridized carbons (Fsp3) is 0.263. The first-order chi connectivity index (χ1) is 11.8. The maximum atomic E-state index is 12.5. The molecule has 0 spiro atoms. The van der Waals surface area contributed by atoms with E-state index in [4.69, 9.17) is 23.2 Å². The molecule has 0 aliphatic carbocycles. The minimum atomic E-state index is -0.417. The average molecular weight is 377 g/mol. The van der Waals surface area contributed by atoms with E-state index in [1.807, 2.05) is 32.0 Å². The molecule has 1 fully saturated rings. The van der Waals surface area contributed by atoms with Crippen molar-refractivity contribution in [2.75, 3.05) is 16.8 Å². The van der Waals surface area contributed by atoms with Crippen molar-refractivity contribution in [2.24, 2.45) is 5.92 Å². The highest BCUT2D eigenvalue weighted by molar-refractivity contribution is 6.36. The number of hydrogen-bond donors (Lipinski definition) is 1. The molecule has 1 atom stereocenters. The number of carbonyl (C=O) groups is 2. The highest BCUT2D eigenvalue weighted by Gasteiger charge is 2.35. The SMILES string of the molecule is Cc1ccc(N2C[C@H](C(=O)Nc3ccc(Cl)cc3Cl)CC2=O)c(C)c1. The lowest BCUT2D eigenvalue weighted by atomic mass is 10.1. The van der Waals surface area contributed by atoms with E-state index in [1.165, 1.54) is 0 Å². The number of carbonyl (C=O) groups excluding carboxylic acids is 2. The normalized spacial score (nSPS) is 17.0. The van der Waals surface area contributed by atoms with Crippen LogP contribution in [-0.4, -0.2) is 18.4 Å². The first-order valence-electron chi connectivity index (χ1n) is 7.98. The highest BCUT2D eigenvalue weighted by atomic mass is 35.5. The lowest BCUT2D eigenvalue weighted by molar-refractivity contribution is -0.122. The Hall–Kier alpha value is -2.04. The van der Waals surface area contributed by atoms with E-state index < -0.39 is 5.92 Å². The number of amides is 2. The van der Waals surface area contributed by atoms with Crippen LogP contribution in [0.15, 0.2) is 36.4 Å². The number of anilines is 2. The summed E-state index contributed by atoms with van der Waals surface area (Å²) in [5, 5.41) is 3.66. The third-order valence-electron chi connectivity index (χ3n) is 4.33. The molecule has 4 nitrogen and oxygen atoms in total. The molecule has 2 amide bonds. The highest BCUT2D eigenvalue weighted by Crippen LogP contribution is 2.30. The zero-order chi connectivity index (χ0) is 18.1. The van der Waals surface area contributed by atoms with Crippen LogP contribution >= 0.6 is 23.2 Å². The molecule has 1 aliphatic rings. The van der Waals surface area contributed by atoms with Gasteiger partial charge in [0.25, 0.3) is 0 Å². The van der Waals surface area contributed by atoms with Gasteiger partial charge in [0, 0.05) is 23.7 Å². The average Bonchev–Trinajstić information content (AvgIpc) is 2.92. The van der Waals surface area contributed by atoms with Gasteiger partial charge in [0.15, 0.2) is 0 Å². The van der Waals surface area contributed by atoms with E-state index in [0.29, 0.717) is 22.3 Å². The van der Waals surface area contributed by atoms with Gasteiger partial charge >= 0.3 is 0 Å². The van der Waals surface area contributed by atoms with E-state index in [9.17, 15) is 9.59 Å². The Bertz CT molecular complexity index is 851. The molecule has 1 heterocycles. The number of benzene rings is 2. The minimum Gasteiger partial charge on any atom is -0.324 e. The van der Waals surface area contributed by atoms with Gasteiger partial charge in [-0.05, 0) is 43.7 Å². The monoisotopic (exact) mass is 376 g/mol. The van der Waals surface area contributed by atoms with Crippen molar-refractivity contribution in [3.8, 4) is 0 Å². The molecular formula is C19H18Cl2N2O2. The van der Waals surface area contributed by atoms with E-state index in [1.54, 1.807) is 23.1 Å². The summed E-state index contributed by atoms with van der Waals surface area (Å²) < 4.78 is 0. The molecule has 1 aliphatic heterocycles. The molecule has 2 aromatic rings. The van der Waals surface area contributed by atoms with Gasteiger partial charge in [0.1, 0.15) is 0 Å². The van der Waals surface area contributed by atoms with Gasteiger partial charge < -0.3 is 10.2 Å². The van der Waals surface area contributed by atoms with E-state index in [0.717, 1.165) is 16.8 Å². The van der Waals surface area contributed by atoms with E-state index in [2.05, 4.69) is 5.32 Å². The molecule has 0 aromatic heterocycles. The Balaban J connectivity index is 1.74. The first-order valence-corrected chi connectivity index (χ1v) is 8.74. The third-order valence-corrected chi connectivity index (χ3v) is 4.88. The molecule has 1 saturated heterocycles. The van der Waals surface area contributed by atoms with Crippen LogP contribution < -0.4 is 10.2 Å². The Kier molecular flexibility index (Phi) is 5.02. The summed E-state index contributed by atoms with van der Waals surface area (Å²) in [6.45, 7) is 4.34. The molecule has 3 rings (SSSR count). The van der Waals surface area contributed by atoms with Crippen LogP contribution in [-0.2, 0) is 9.59 Å². The molecular weight excluding hydrogens is 359 g/mol. The van der Waals surface area contributed by atoms with Crippen molar-refractivity contribution >= 4 is 46.4 Å². The standard InChI is InChI=1S/C19H18Cl2N2O2/c1-11-3-6-17(12(2)7-11)23-10-13(8-18(23)24)19(25)22-16-5-4-14(20)9-15(16)21/h3-7,9,13H,8,10H2,1-2H3,(H,22,25)/t13-/m1/s1. The van der Waals surface area contributed by atoms with Crippen LogP contribution in [0.5, 0.6) is 0 Å². The van der Waals surface area contributed by atoms with Crippen LogP contribution in [0.25, 0.3) is 0 Å². The fourth-order valence-corrected chi connectivity index (χ4v) is 3.51. The third kappa shape index (κ3) is 3.80. The van der Waals surface area contributed by atoms with Crippen molar-refractivity contribution < 1.29 is 9.59 Å². The lowest BCUT2D eigenvalue weighted by Gasteiger charge is -2.19. The number of nitrogens with one attached hydrogen (secondary N) is 1. The van der Waals surface area contributed by atoms with Crippen LogP contribution in [0.2, 0.25) is 10.0 Å². The van der Waals surface area contributed by atoms with Crippen LogP contribution in [0.3, 0.4) is 0 Å². The van der Waals surface area contributed by atoms with Gasteiger partial charge in [-0.25, -0.2) is 0 Å². The molecule has 0 bridgehead atoms. The molecule has 6 heteroatoms. The summed E-state index contributed by atoms with van der Waals surface area (Å²) in [5.74, 6) is -0.681. The van der Waals surface area contributed by atoms with E-state index >= 15 is 0 Å². The van der Waals surface area contributed by atoms with Gasteiger partial charge in [0.05, 0.1) is 16.6 Å². The summed E-state index contributed by atoms with van der Waals surface area (Å²) in [6, 6.07) is 10.8. The zero-order valence-electron chi connectivity index (χ0n) is 14.0. The molecule has 130 valence electrons. The summed E-state index contributed by atoms with van der Waals surface area (Å²) in [5.41, 5.74) is 3.51. The predicted molar refractivity (Wildman–Crippen MR) is 101 cm³/mol. The molecule has 2 aromatic carbocycles. The summed E-state index contributed by atoms with van der Waals surface area (Å²) >= 11 is 12.0. The van der Waals surface area contributed by atoms with Crippen LogP contribution in [0, 0.1) is 19.8 Å². The zero-order valence-corrected chi connectivity index (χ0v) is 15.5. The van der Waals surface area contributed by atoms with Gasteiger partial charge in [0.2, 0.25) is 11.8 Å². The number of aryl methyl sites for hydroxylation is 2. The Labute approximate surface area is 156 Å². The number of hydrogen-bond acceptors (Lipinski definition) is 2. The van der Waals surface area contributed by atoms with Crippen molar-refractivity contribution in [2.45, 2.75) is 20.3 Å². The van der Waals surface area contributed by atoms with Crippen molar-refractivity contribution in [1.82, 2.24) is 0 Å². The molecule has 0 radical (unpaired) electrons. The molecule has 0 unspecified atom stereocenters. The van der Waals surface area contributed by atoms with Gasteiger partial charge in [-0.2, -0.15) is 0 Å². The predicted octanol–water partition coefficient (Wildman–Crippen LogP) is 4.60.